The van der Waals surface area contributed by atoms with Crippen molar-refractivity contribution in [3.8, 4) is 0 Å². The summed E-state index contributed by atoms with van der Waals surface area (Å²) in [5, 5.41) is 7.57. The van der Waals surface area contributed by atoms with Gasteiger partial charge in [0.1, 0.15) is 11.7 Å². The summed E-state index contributed by atoms with van der Waals surface area (Å²) in [4.78, 5) is 6.64. The minimum Gasteiger partial charge on any atom is -0.384 e. The highest BCUT2D eigenvalue weighted by atomic mass is 15.2. The van der Waals surface area contributed by atoms with Gasteiger partial charge in [0.2, 0.25) is 0 Å². The van der Waals surface area contributed by atoms with Gasteiger partial charge in [-0.1, -0.05) is 0 Å². The third-order valence-electron chi connectivity index (χ3n) is 3.15. The lowest BCUT2D eigenvalue weighted by Crippen LogP contribution is -2.39. The summed E-state index contributed by atoms with van der Waals surface area (Å²) >= 11 is 0. The van der Waals surface area contributed by atoms with E-state index in [2.05, 4.69) is 16.8 Å². The Kier molecular flexibility index (Phi) is 3.08. The van der Waals surface area contributed by atoms with E-state index in [9.17, 15) is 0 Å². The number of amidine groups is 1. The number of nitrogen functional groups attached to an aromatic ring is 1. The second-order valence-corrected chi connectivity index (χ2v) is 4.33. The summed E-state index contributed by atoms with van der Waals surface area (Å²) in [6.07, 6.45) is 5.43. The lowest BCUT2D eigenvalue weighted by Gasteiger charge is -2.35. The van der Waals surface area contributed by atoms with E-state index in [4.69, 9.17) is 11.1 Å². The van der Waals surface area contributed by atoms with Crippen molar-refractivity contribution < 1.29 is 0 Å². The van der Waals surface area contributed by atoms with Gasteiger partial charge in [-0.15, -0.1) is 0 Å². The molecule has 0 saturated carbocycles. The number of nitrogens with two attached hydrogens (primary N) is 1. The van der Waals surface area contributed by atoms with E-state index in [1.807, 2.05) is 12.1 Å². The summed E-state index contributed by atoms with van der Waals surface area (Å²) in [6.45, 7) is 3.22. The van der Waals surface area contributed by atoms with Crippen LogP contribution in [0.5, 0.6) is 0 Å². The van der Waals surface area contributed by atoms with Gasteiger partial charge < -0.3 is 10.6 Å². The molecule has 0 aliphatic carbocycles. The molecule has 0 aromatic carbocycles. The van der Waals surface area contributed by atoms with Crippen molar-refractivity contribution in [3.05, 3.63) is 23.9 Å². The van der Waals surface area contributed by atoms with Crippen molar-refractivity contribution in [1.29, 1.82) is 5.41 Å². The van der Waals surface area contributed by atoms with Crippen LogP contribution in [0.25, 0.3) is 0 Å². The van der Waals surface area contributed by atoms with Crippen LogP contribution in [0.1, 0.15) is 31.7 Å². The third kappa shape index (κ3) is 2.01. The summed E-state index contributed by atoms with van der Waals surface area (Å²) in [7, 11) is 0. The molecule has 1 unspecified atom stereocenters. The van der Waals surface area contributed by atoms with Crippen LogP contribution in [-0.2, 0) is 0 Å². The van der Waals surface area contributed by atoms with Gasteiger partial charge >= 0.3 is 0 Å². The van der Waals surface area contributed by atoms with Gasteiger partial charge in [-0.25, -0.2) is 4.98 Å². The van der Waals surface area contributed by atoms with Gasteiger partial charge in [-0.3, -0.25) is 5.41 Å². The Labute approximate surface area is 96.0 Å². The first-order chi connectivity index (χ1) is 7.70. The molecule has 2 rings (SSSR count). The van der Waals surface area contributed by atoms with Crippen LogP contribution in [0, 0.1) is 5.41 Å². The molecule has 1 fully saturated rings. The van der Waals surface area contributed by atoms with Crippen LogP contribution in [0.2, 0.25) is 0 Å². The standard InChI is InChI=1S/C12H18N4/c1-9-5-2-3-8-16(9)12-10(11(13)14)6-4-7-15-12/h4,6-7,9H,2-3,5,8H2,1H3,(H3,13,14). The second-order valence-electron chi connectivity index (χ2n) is 4.33. The maximum Gasteiger partial charge on any atom is 0.139 e. The SMILES string of the molecule is CC1CCCCN1c1ncccc1C(=N)N. The zero-order valence-corrected chi connectivity index (χ0v) is 9.61. The van der Waals surface area contributed by atoms with Crippen LogP contribution < -0.4 is 10.6 Å². The fraction of sp³-hybridized carbons (Fsp3) is 0.500. The van der Waals surface area contributed by atoms with Crippen LogP contribution in [0.4, 0.5) is 5.82 Å². The van der Waals surface area contributed by atoms with Crippen LogP contribution in [0.3, 0.4) is 0 Å². The fourth-order valence-electron chi connectivity index (χ4n) is 2.25. The first-order valence-electron chi connectivity index (χ1n) is 5.76. The van der Waals surface area contributed by atoms with Gasteiger partial charge in [-0.2, -0.15) is 0 Å². The van der Waals surface area contributed by atoms with Crippen molar-refractivity contribution in [3.63, 3.8) is 0 Å². The monoisotopic (exact) mass is 218 g/mol. The molecule has 2 heterocycles. The zero-order chi connectivity index (χ0) is 11.5. The molecule has 1 aliphatic rings. The molecular weight excluding hydrogens is 200 g/mol. The molecule has 1 aromatic heterocycles. The zero-order valence-electron chi connectivity index (χ0n) is 9.61. The smallest absolute Gasteiger partial charge is 0.139 e. The number of nitrogens with zero attached hydrogens (tertiary/aromatic N) is 2. The van der Waals surface area contributed by atoms with E-state index >= 15 is 0 Å². The fourth-order valence-corrected chi connectivity index (χ4v) is 2.25. The second kappa shape index (κ2) is 4.51. The molecule has 1 aromatic rings. The van der Waals surface area contributed by atoms with Crippen LogP contribution >= 0.6 is 0 Å². The van der Waals surface area contributed by atoms with Gasteiger partial charge in [-0.05, 0) is 38.3 Å². The molecule has 1 atom stereocenters. The van der Waals surface area contributed by atoms with Crippen molar-refractivity contribution in [2.24, 2.45) is 5.73 Å². The molecule has 0 spiro atoms. The van der Waals surface area contributed by atoms with E-state index in [0.29, 0.717) is 6.04 Å². The summed E-state index contributed by atoms with van der Waals surface area (Å²) in [6, 6.07) is 4.18. The number of piperidine rings is 1. The molecule has 1 saturated heterocycles. The van der Waals surface area contributed by atoms with E-state index in [1.165, 1.54) is 19.3 Å². The minimum atomic E-state index is 0.0980. The third-order valence-corrected chi connectivity index (χ3v) is 3.15. The van der Waals surface area contributed by atoms with E-state index in [0.717, 1.165) is 17.9 Å². The molecular formula is C12H18N4. The number of nitrogens with one attached hydrogen (secondary N) is 1. The first-order valence-corrected chi connectivity index (χ1v) is 5.76. The Hall–Kier alpha value is -1.58. The molecule has 0 radical (unpaired) electrons. The average molecular weight is 218 g/mol. The number of pyridine rings is 1. The molecule has 0 amide bonds. The minimum absolute atomic E-state index is 0.0980. The largest absolute Gasteiger partial charge is 0.384 e. The predicted molar refractivity (Wildman–Crippen MR) is 65.9 cm³/mol. The number of hydrogen-bond acceptors (Lipinski definition) is 3. The number of hydrogen-bond donors (Lipinski definition) is 2. The van der Waals surface area contributed by atoms with Crippen LogP contribution in [-0.4, -0.2) is 23.4 Å². The summed E-state index contributed by atoms with van der Waals surface area (Å²) in [5.41, 5.74) is 6.33. The van der Waals surface area contributed by atoms with Gasteiger partial charge in [0.15, 0.2) is 0 Å². The van der Waals surface area contributed by atoms with Gasteiger partial charge in [0.05, 0.1) is 5.56 Å². The Bertz CT molecular complexity index is 388. The Morgan fingerprint density at radius 3 is 3.06 bits per heavy atom. The summed E-state index contributed by atoms with van der Waals surface area (Å²) in [5.74, 6) is 0.961. The lowest BCUT2D eigenvalue weighted by molar-refractivity contribution is 0.481. The molecule has 0 bridgehead atoms. The molecule has 4 nitrogen and oxygen atoms in total. The lowest BCUT2D eigenvalue weighted by atomic mass is 10.0. The number of rotatable bonds is 2. The van der Waals surface area contributed by atoms with Crippen molar-refractivity contribution >= 4 is 11.7 Å². The Morgan fingerprint density at radius 1 is 1.56 bits per heavy atom. The van der Waals surface area contributed by atoms with E-state index in [1.54, 1.807) is 6.20 Å². The van der Waals surface area contributed by atoms with E-state index < -0.39 is 0 Å². The first kappa shape index (κ1) is 10.9. The molecule has 3 N–H and O–H groups in total. The molecule has 4 heteroatoms. The topological polar surface area (TPSA) is 66.0 Å². The maximum atomic E-state index is 7.57. The van der Waals surface area contributed by atoms with Crippen molar-refractivity contribution in [2.75, 3.05) is 11.4 Å². The predicted octanol–water partition coefficient (Wildman–Crippen LogP) is 1.74. The molecule has 16 heavy (non-hydrogen) atoms. The van der Waals surface area contributed by atoms with Crippen molar-refractivity contribution in [1.82, 2.24) is 4.98 Å². The Balaban J connectivity index is 2.34. The van der Waals surface area contributed by atoms with Gasteiger partial charge in [0.25, 0.3) is 0 Å². The highest BCUT2D eigenvalue weighted by molar-refractivity contribution is 5.99. The number of anilines is 1. The van der Waals surface area contributed by atoms with Crippen LogP contribution in [0.15, 0.2) is 18.3 Å². The quantitative estimate of drug-likeness (QED) is 0.587. The highest BCUT2D eigenvalue weighted by Crippen LogP contribution is 2.25. The maximum absolute atomic E-state index is 7.57. The number of aromatic nitrogens is 1. The van der Waals surface area contributed by atoms with Gasteiger partial charge in [0, 0.05) is 18.8 Å². The molecule has 1 aliphatic heterocycles. The van der Waals surface area contributed by atoms with E-state index in [-0.39, 0.29) is 5.84 Å². The Morgan fingerprint density at radius 2 is 2.38 bits per heavy atom. The highest BCUT2D eigenvalue weighted by Gasteiger charge is 2.22. The normalized spacial score (nSPS) is 20.8. The molecule has 86 valence electrons. The summed E-state index contributed by atoms with van der Waals surface area (Å²) < 4.78 is 0. The average Bonchev–Trinajstić information content (AvgIpc) is 2.29. The van der Waals surface area contributed by atoms with Crippen molar-refractivity contribution in [2.45, 2.75) is 32.2 Å².